The maximum absolute atomic E-state index is 12.4. The number of fused-ring (bicyclic) bond motifs is 1. The molecule has 6 heteroatoms. The van der Waals surface area contributed by atoms with Crippen molar-refractivity contribution in [3.05, 3.63) is 63.6 Å². The average molecular weight is 342 g/mol. The Balaban J connectivity index is 1.89. The zero-order valence-electron chi connectivity index (χ0n) is 11.0. The van der Waals surface area contributed by atoms with Crippen molar-refractivity contribution in [1.29, 1.82) is 0 Å². The summed E-state index contributed by atoms with van der Waals surface area (Å²) >= 11 is 11.7. The maximum atomic E-state index is 12.4. The average Bonchev–Trinajstić information content (AvgIpc) is 2.85. The lowest BCUT2D eigenvalue weighted by atomic mass is 10.1. The van der Waals surface area contributed by atoms with E-state index in [1.54, 1.807) is 0 Å². The zero-order chi connectivity index (χ0) is 15.0. The van der Waals surface area contributed by atoms with Crippen molar-refractivity contribution in [3.63, 3.8) is 0 Å². The first-order valence-electron chi connectivity index (χ1n) is 6.52. The molecular formula is C15H13Cl2NO2S. The van der Waals surface area contributed by atoms with Gasteiger partial charge >= 0.3 is 0 Å². The standard InChI is InChI=1S/C15H13Cl2NO2S/c16-13-7-6-11(9-14(13)17)21(19,20)18-15-8-5-10-3-1-2-4-12(10)15/h1-4,6-7,9,15,18H,5,8H2. The third-order valence-electron chi connectivity index (χ3n) is 3.63. The van der Waals surface area contributed by atoms with Crippen molar-refractivity contribution < 1.29 is 8.42 Å². The number of rotatable bonds is 3. The van der Waals surface area contributed by atoms with Crippen LogP contribution in [0.2, 0.25) is 10.0 Å². The Hall–Kier alpha value is -1.07. The van der Waals surface area contributed by atoms with Gasteiger partial charge in [-0.15, -0.1) is 0 Å². The third-order valence-corrected chi connectivity index (χ3v) is 5.84. The van der Waals surface area contributed by atoms with Crippen molar-refractivity contribution >= 4 is 33.2 Å². The molecule has 0 fully saturated rings. The molecular weight excluding hydrogens is 329 g/mol. The van der Waals surface area contributed by atoms with Crippen LogP contribution in [0.5, 0.6) is 0 Å². The molecule has 110 valence electrons. The van der Waals surface area contributed by atoms with Gasteiger partial charge in [0.1, 0.15) is 0 Å². The lowest BCUT2D eigenvalue weighted by Crippen LogP contribution is -2.27. The molecule has 0 heterocycles. The molecule has 0 radical (unpaired) electrons. The molecule has 0 aliphatic heterocycles. The molecule has 0 saturated heterocycles. The van der Waals surface area contributed by atoms with Crippen molar-refractivity contribution in [2.24, 2.45) is 0 Å². The smallest absolute Gasteiger partial charge is 0.207 e. The quantitative estimate of drug-likeness (QED) is 0.918. The molecule has 3 rings (SSSR count). The Morgan fingerprint density at radius 1 is 1.05 bits per heavy atom. The van der Waals surface area contributed by atoms with Gasteiger partial charge in [0.05, 0.1) is 14.9 Å². The van der Waals surface area contributed by atoms with Gasteiger partial charge in [-0.2, -0.15) is 0 Å². The van der Waals surface area contributed by atoms with Crippen LogP contribution in [0.1, 0.15) is 23.6 Å². The van der Waals surface area contributed by atoms with Crippen LogP contribution in [0.15, 0.2) is 47.4 Å². The van der Waals surface area contributed by atoms with E-state index in [-0.39, 0.29) is 16.0 Å². The SMILES string of the molecule is O=S(=O)(NC1CCc2ccccc21)c1ccc(Cl)c(Cl)c1. The van der Waals surface area contributed by atoms with Gasteiger partial charge in [-0.3, -0.25) is 0 Å². The predicted molar refractivity (Wildman–Crippen MR) is 84.3 cm³/mol. The molecule has 21 heavy (non-hydrogen) atoms. The number of sulfonamides is 1. The fourth-order valence-corrected chi connectivity index (χ4v) is 4.22. The van der Waals surface area contributed by atoms with Gasteiger partial charge in [-0.05, 0) is 42.2 Å². The lowest BCUT2D eigenvalue weighted by Gasteiger charge is -2.14. The Bertz CT molecular complexity index is 790. The minimum atomic E-state index is -3.62. The Labute approximate surface area is 133 Å². The highest BCUT2D eigenvalue weighted by atomic mass is 35.5. The van der Waals surface area contributed by atoms with E-state index in [0.717, 1.165) is 18.4 Å². The first kappa shape index (κ1) is 14.9. The largest absolute Gasteiger partial charge is 0.241 e. The van der Waals surface area contributed by atoms with Crippen LogP contribution in [0.4, 0.5) is 0 Å². The van der Waals surface area contributed by atoms with Crippen molar-refractivity contribution in [2.75, 3.05) is 0 Å². The van der Waals surface area contributed by atoms with Gasteiger partial charge in [0.15, 0.2) is 0 Å². The summed E-state index contributed by atoms with van der Waals surface area (Å²) in [6, 6.07) is 12.0. The summed E-state index contributed by atoms with van der Waals surface area (Å²) < 4.78 is 27.6. The zero-order valence-corrected chi connectivity index (χ0v) is 13.3. The minimum absolute atomic E-state index is 0.126. The van der Waals surface area contributed by atoms with Crippen LogP contribution in [0, 0.1) is 0 Å². The first-order valence-corrected chi connectivity index (χ1v) is 8.76. The van der Waals surface area contributed by atoms with Crippen molar-refractivity contribution in [3.8, 4) is 0 Å². The molecule has 1 aliphatic carbocycles. The number of benzene rings is 2. The molecule has 1 N–H and O–H groups in total. The van der Waals surface area contributed by atoms with Crippen LogP contribution < -0.4 is 4.72 Å². The number of hydrogen-bond donors (Lipinski definition) is 1. The van der Waals surface area contributed by atoms with E-state index in [2.05, 4.69) is 4.72 Å². The number of aryl methyl sites for hydroxylation is 1. The second kappa shape index (κ2) is 5.61. The van der Waals surface area contributed by atoms with E-state index < -0.39 is 10.0 Å². The molecule has 1 unspecified atom stereocenters. The van der Waals surface area contributed by atoms with Crippen LogP contribution in [-0.2, 0) is 16.4 Å². The number of halogens is 2. The Kier molecular flexibility index (Phi) is 3.97. The Morgan fingerprint density at radius 2 is 1.81 bits per heavy atom. The molecule has 3 nitrogen and oxygen atoms in total. The fourth-order valence-electron chi connectivity index (χ4n) is 2.58. The maximum Gasteiger partial charge on any atom is 0.241 e. The second-order valence-corrected chi connectivity index (χ2v) is 7.52. The van der Waals surface area contributed by atoms with E-state index >= 15 is 0 Å². The van der Waals surface area contributed by atoms with Gasteiger partial charge in [-0.25, -0.2) is 13.1 Å². The molecule has 2 aromatic carbocycles. The summed E-state index contributed by atoms with van der Waals surface area (Å²) in [7, 11) is -3.62. The predicted octanol–water partition coefficient (Wildman–Crippen LogP) is 3.96. The van der Waals surface area contributed by atoms with Crippen LogP contribution in [-0.4, -0.2) is 8.42 Å². The van der Waals surface area contributed by atoms with Crippen LogP contribution in [0.25, 0.3) is 0 Å². The second-order valence-electron chi connectivity index (χ2n) is 4.99. The lowest BCUT2D eigenvalue weighted by molar-refractivity contribution is 0.554. The summed E-state index contributed by atoms with van der Waals surface area (Å²) in [6.45, 7) is 0. The molecule has 0 bridgehead atoms. The molecule has 1 aliphatic rings. The molecule has 0 saturated carbocycles. The van der Waals surface area contributed by atoms with E-state index in [0.29, 0.717) is 5.02 Å². The van der Waals surface area contributed by atoms with Crippen LogP contribution in [0.3, 0.4) is 0 Å². The Morgan fingerprint density at radius 3 is 2.57 bits per heavy atom. The van der Waals surface area contributed by atoms with E-state index in [1.807, 2.05) is 24.3 Å². The highest BCUT2D eigenvalue weighted by molar-refractivity contribution is 7.89. The number of nitrogens with one attached hydrogen (secondary N) is 1. The monoisotopic (exact) mass is 341 g/mol. The van der Waals surface area contributed by atoms with E-state index in [4.69, 9.17) is 23.2 Å². The summed E-state index contributed by atoms with van der Waals surface area (Å²) in [5.41, 5.74) is 2.24. The van der Waals surface area contributed by atoms with Gasteiger partial charge < -0.3 is 0 Å². The van der Waals surface area contributed by atoms with Crippen molar-refractivity contribution in [1.82, 2.24) is 4.72 Å². The first-order chi connectivity index (χ1) is 9.97. The third kappa shape index (κ3) is 2.94. The summed E-state index contributed by atoms with van der Waals surface area (Å²) in [6.07, 6.45) is 1.64. The molecule has 2 aromatic rings. The highest BCUT2D eigenvalue weighted by Gasteiger charge is 2.27. The van der Waals surface area contributed by atoms with Gasteiger partial charge in [0.25, 0.3) is 0 Å². The molecule has 0 amide bonds. The van der Waals surface area contributed by atoms with Gasteiger partial charge in [0.2, 0.25) is 10.0 Å². The summed E-state index contributed by atoms with van der Waals surface area (Å²) in [5, 5.41) is 0.563. The highest BCUT2D eigenvalue weighted by Crippen LogP contribution is 2.32. The van der Waals surface area contributed by atoms with Crippen molar-refractivity contribution in [2.45, 2.75) is 23.8 Å². The van der Waals surface area contributed by atoms with Gasteiger partial charge in [-0.1, -0.05) is 47.5 Å². The molecule has 0 spiro atoms. The minimum Gasteiger partial charge on any atom is -0.207 e. The summed E-state index contributed by atoms with van der Waals surface area (Å²) in [5.74, 6) is 0. The normalized spacial score (nSPS) is 17.7. The number of hydrogen-bond acceptors (Lipinski definition) is 2. The van der Waals surface area contributed by atoms with Gasteiger partial charge in [0, 0.05) is 6.04 Å². The van der Waals surface area contributed by atoms with E-state index in [1.165, 1.54) is 23.8 Å². The molecule has 0 aromatic heterocycles. The van der Waals surface area contributed by atoms with Crippen LogP contribution >= 0.6 is 23.2 Å². The van der Waals surface area contributed by atoms with E-state index in [9.17, 15) is 8.42 Å². The summed E-state index contributed by atoms with van der Waals surface area (Å²) in [4.78, 5) is 0.126. The topological polar surface area (TPSA) is 46.2 Å². The fraction of sp³-hybridized carbons (Fsp3) is 0.200. The molecule has 1 atom stereocenters.